The molecule has 10 heteroatoms. The van der Waals surface area contributed by atoms with Gasteiger partial charge in [0.15, 0.2) is 5.13 Å². The van der Waals surface area contributed by atoms with Crippen LogP contribution in [-0.4, -0.2) is 15.8 Å². The molecule has 0 atom stereocenters. The molecular weight excluding hydrogens is 383 g/mol. The van der Waals surface area contributed by atoms with Crippen molar-refractivity contribution in [2.45, 2.75) is 0 Å². The van der Waals surface area contributed by atoms with E-state index in [1.165, 1.54) is 36.4 Å². The summed E-state index contributed by atoms with van der Waals surface area (Å²) in [4.78, 5) is 27.1. The van der Waals surface area contributed by atoms with Crippen molar-refractivity contribution in [3.05, 3.63) is 68.3 Å². The molecule has 0 saturated heterocycles. The highest BCUT2D eigenvalue weighted by molar-refractivity contribution is 7.17. The summed E-state index contributed by atoms with van der Waals surface area (Å²) in [6, 6.07) is 9.38. The molecule has 26 heavy (non-hydrogen) atoms. The Labute approximate surface area is 155 Å². The molecule has 0 saturated carbocycles. The van der Waals surface area contributed by atoms with Gasteiger partial charge in [0.2, 0.25) is 0 Å². The summed E-state index contributed by atoms with van der Waals surface area (Å²) >= 11 is 6.67. The van der Waals surface area contributed by atoms with E-state index in [-0.39, 0.29) is 20.7 Å². The lowest BCUT2D eigenvalue weighted by atomic mass is 10.1. The van der Waals surface area contributed by atoms with Gasteiger partial charge in [-0.3, -0.25) is 14.9 Å². The Morgan fingerprint density at radius 1 is 1.27 bits per heavy atom. The first-order chi connectivity index (χ1) is 12.3. The highest BCUT2D eigenvalue weighted by Gasteiger charge is 2.20. The molecule has 0 fully saturated rings. The number of anilines is 2. The lowest BCUT2D eigenvalue weighted by Gasteiger charge is -2.06. The van der Waals surface area contributed by atoms with Crippen LogP contribution in [0, 0.1) is 15.9 Å². The average molecular weight is 393 g/mol. The van der Waals surface area contributed by atoms with Gasteiger partial charge < -0.3 is 11.1 Å². The molecular formula is C16H10ClFN4O3S. The minimum atomic E-state index is -0.599. The van der Waals surface area contributed by atoms with Crippen LogP contribution >= 0.6 is 22.9 Å². The number of benzene rings is 2. The van der Waals surface area contributed by atoms with Crippen molar-refractivity contribution in [3.8, 4) is 11.3 Å². The minimum absolute atomic E-state index is 0.0797. The molecule has 0 aliphatic rings. The molecule has 132 valence electrons. The summed E-state index contributed by atoms with van der Waals surface area (Å²) in [7, 11) is 0. The van der Waals surface area contributed by atoms with Crippen molar-refractivity contribution < 1.29 is 14.1 Å². The number of carbonyl (C=O) groups excluding carboxylic acids is 1. The van der Waals surface area contributed by atoms with E-state index in [9.17, 15) is 19.3 Å². The van der Waals surface area contributed by atoms with Gasteiger partial charge in [-0.15, -0.1) is 0 Å². The van der Waals surface area contributed by atoms with Crippen LogP contribution < -0.4 is 11.1 Å². The van der Waals surface area contributed by atoms with Crippen LogP contribution in [0.5, 0.6) is 0 Å². The van der Waals surface area contributed by atoms with Gasteiger partial charge >= 0.3 is 0 Å². The van der Waals surface area contributed by atoms with Gasteiger partial charge in [-0.1, -0.05) is 22.9 Å². The number of nitrogens with two attached hydrogens (primary N) is 1. The summed E-state index contributed by atoms with van der Waals surface area (Å²) < 4.78 is 13.2. The largest absolute Gasteiger partial charge is 0.375 e. The van der Waals surface area contributed by atoms with Gasteiger partial charge in [-0.2, -0.15) is 0 Å². The predicted molar refractivity (Wildman–Crippen MR) is 98.0 cm³/mol. The Morgan fingerprint density at radius 2 is 1.96 bits per heavy atom. The van der Waals surface area contributed by atoms with Gasteiger partial charge in [0.25, 0.3) is 11.6 Å². The molecule has 0 bridgehead atoms. The zero-order valence-corrected chi connectivity index (χ0v) is 14.5. The van der Waals surface area contributed by atoms with Gasteiger partial charge in [0.05, 0.1) is 15.6 Å². The number of carbonyl (C=O) groups is 1. The Balaban J connectivity index is 1.91. The van der Waals surface area contributed by atoms with Crippen molar-refractivity contribution in [3.63, 3.8) is 0 Å². The maximum atomic E-state index is 13.2. The lowest BCUT2D eigenvalue weighted by Crippen LogP contribution is -2.11. The number of nitrogens with one attached hydrogen (secondary N) is 1. The molecule has 3 rings (SSSR count). The molecule has 0 unspecified atom stereocenters. The fourth-order valence-electron chi connectivity index (χ4n) is 2.19. The zero-order valence-electron chi connectivity index (χ0n) is 12.9. The fraction of sp³-hybridized carbons (Fsp3) is 0. The number of aromatic nitrogens is 1. The maximum Gasteiger partial charge on any atom is 0.269 e. The number of nitro groups is 1. The van der Waals surface area contributed by atoms with E-state index in [0.29, 0.717) is 16.9 Å². The monoisotopic (exact) mass is 392 g/mol. The summed E-state index contributed by atoms with van der Waals surface area (Å²) in [6.45, 7) is 0. The number of rotatable bonds is 4. The van der Waals surface area contributed by atoms with Crippen molar-refractivity contribution in [1.82, 2.24) is 4.98 Å². The van der Waals surface area contributed by atoms with Gasteiger partial charge in [-0.25, -0.2) is 9.37 Å². The molecule has 1 amide bonds. The average Bonchev–Trinajstić information content (AvgIpc) is 3.00. The summed E-state index contributed by atoms with van der Waals surface area (Å²) in [5.41, 5.74) is 6.75. The number of hydrogen-bond donors (Lipinski definition) is 2. The predicted octanol–water partition coefficient (Wildman–Crippen LogP) is 4.35. The molecule has 0 aliphatic carbocycles. The smallest absolute Gasteiger partial charge is 0.269 e. The van der Waals surface area contributed by atoms with E-state index in [0.717, 1.165) is 17.4 Å². The molecule has 1 aromatic heterocycles. The number of hydrogen-bond acceptors (Lipinski definition) is 6. The molecule has 0 aliphatic heterocycles. The first kappa shape index (κ1) is 17.8. The highest BCUT2D eigenvalue weighted by atomic mass is 35.5. The standard InChI is InChI=1S/C16H10ClFN4O3S/c17-11-7-9(3-6-12(11)18)20-15(23)14-13(21-16(19)26-14)8-1-4-10(5-2-8)22(24)25/h1-7H,(H2,19,21)(H,20,23). The van der Waals surface area contributed by atoms with E-state index in [2.05, 4.69) is 10.3 Å². The summed E-state index contributed by atoms with van der Waals surface area (Å²) in [6.07, 6.45) is 0. The maximum absolute atomic E-state index is 13.2. The topological polar surface area (TPSA) is 111 Å². The van der Waals surface area contributed by atoms with Crippen LogP contribution in [0.3, 0.4) is 0 Å². The second kappa shape index (κ2) is 7.06. The van der Waals surface area contributed by atoms with E-state index in [1.807, 2.05) is 0 Å². The molecule has 0 spiro atoms. The lowest BCUT2D eigenvalue weighted by molar-refractivity contribution is -0.384. The van der Waals surface area contributed by atoms with Gasteiger partial charge in [0.1, 0.15) is 10.7 Å². The summed E-state index contributed by atoms with van der Waals surface area (Å²) in [5, 5.41) is 13.4. The number of nitro benzene ring substituents is 1. The first-order valence-corrected chi connectivity index (χ1v) is 8.32. The zero-order chi connectivity index (χ0) is 18.8. The third-order valence-corrected chi connectivity index (χ3v) is 4.55. The van der Waals surface area contributed by atoms with E-state index < -0.39 is 16.6 Å². The minimum Gasteiger partial charge on any atom is -0.375 e. The van der Waals surface area contributed by atoms with Crippen LogP contribution in [0.15, 0.2) is 42.5 Å². The Bertz CT molecular complexity index is 1010. The second-order valence-electron chi connectivity index (χ2n) is 5.12. The summed E-state index contributed by atoms with van der Waals surface area (Å²) in [5.74, 6) is -1.10. The fourth-order valence-corrected chi connectivity index (χ4v) is 3.12. The van der Waals surface area contributed by atoms with Crippen LogP contribution in [0.1, 0.15) is 9.67 Å². The number of halogens is 2. The number of thiazole rings is 1. The highest BCUT2D eigenvalue weighted by Crippen LogP contribution is 2.31. The third kappa shape index (κ3) is 3.63. The molecule has 1 heterocycles. The van der Waals surface area contributed by atoms with E-state index in [1.54, 1.807) is 0 Å². The second-order valence-corrected chi connectivity index (χ2v) is 6.55. The van der Waals surface area contributed by atoms with Crippen LogP contribution in [0.25, 0.3) is 11.3 Å². The SMILES string of the molecule is Nc1nc(-c2ccc([N+](=O)[O-])cc2)c(C(=O)Nc2ccc(F)c(Cl)c2)s1. The van der Waals surface area contributed by atoms with E-state index in [4.69, 9.17) is 17.3 Å². The molecule has 3 N–H and O–H groups in total. The Kier molecular flexibility index (Phi) is 4.83. The van der Waals surface area contributed by atoms with Crippen molar-refractivity contribution in [2.75, 3.05) is 11.1 Å². The molecule has 0 radical (unpaired) electrons. The van der Waals surface area contributed by atoms with E-state index >= 15 is 0 Å². The van der Waals surface area contributed by atoms with Crippen LogP contribution in [0.4, 0.5) is 20.9 Å². The Hall–Kier alpha value is -3.04. The third-order valence-electron chi connectivity index (χ3n) is 3.38. The van der Waals surface area contributed by atoms with Crippen LogP contribution in [0.2, 0.25) is 5.02 Å². The number of amides is 1. The van der Waals surface area contributed by atoms with Gasteiger partial charge in [-0.05, 0) is 30.3 Å². The van der Waals surface area contributed by atoms with Crippen molar-refractivity contribution in [1.29, 1.82) is 0 Å². The Morgan fingerprint density at radius 3 is 2.58 bits per heavy atom. The molecule has 3 aromatic rings. The number of nitrogen functional groups attached to an aromatic ring is 1. The van der Waals surface area contributed by atoms with Crippen LogP contribution in [-0.2, 0) is 0 Å². The van der Waals surface area contributed by atoms with Gasteiger partial charge in [0, 0.05) is 23.4 Å². The first-order valence-electron chi connectivity index (χ1n) is 7.12. The van der Waals surface area contributed by atoms with Crippen molar-refractivity contribution in [2.24, 2.45) is 0 Å². The number of nitrogens with zero attached hydrogens (tertiary/aromatic N) is 2. The molecule has 7 nitrogen and oxygen atoms in total. The normalized spacial score (nSPS) is 10.5. The van der Waals surface area contributed by atoms with Crippen molar-refractivity contribution >= 4 is 45.4 Å². The molecule has 2 aromatic carbocycles. The quantitative estimate of drug-likeness (QED) is 0.506. The number of non-ortho nitro benzene ring substituents is 1.